The molecule has 2 saturated heterocycles. The molecule has 1 aromatic carbocycles. The number of halogens is 2. The maximum Gasteiger partial charge on any atom is 0.409 e. The number of amides is 1. The molecule has 2 N–H and O–H groups in total. The summed E-state index contributed by atoms with van der Waals surface area (Å²) in [5.74, 6) is -1.27. The highest BCUT2D eigenvalue weighted by molar-refractivity contribution is 6.30. The first kappa shape index (κ1) is 38.0. The lowest BCUT2D eigenvalue weighted by molar-refractivity contribution is -0.156. The summed E-state index contributed by atoms with van der Waals surface area (Å²) < 4.78 is 46.2. The van der Waals surface area contributed by atoms with E-state index in [1.165, 1.54) is 17.2 Å². The topological polar surface area (TPSA) is 172 Å². The number of fused-ring (bicyclic) bond motifs is 3. The second-order valence-electron chi connectivity index (χ2n) is 14.3. The van der Waals surface area contributed by atoms with Crippen LogP contribution in [-0.4, -0.2) is 95.0 Å². The Morgan fingerprint density at radius 2 is 1.92 bits per heavy atom. The fourth-order valence-corrected chi connectivity index (χ4v) is 6.99. The average Bonchev–Trinajstić information content (AvgIpc) is 3.70. The molecular formula is C37H44ClFN6O8. The predicted octanol–water partition coefficient (Wildman–Crippen LogP) is 5.50. The van der Waals surface area contributed by atoms with E-state index in [1.807, 2.05) is 18.2 Å². The normalized spacial score (nSPS) is 21.9. The van der Waals surface area contributed by atoms with Gasteiger partial charge in [-0.25, -0.2) is 28.9 Å². The standard InChI is InChI=1S/C37H44ClFN6O8/c1-6-49-29(46)17-28-42-30-24-9-7-8-10-27(24)52-31(30)32(43-28)45-20-23(16-26(45)34(47)53-36(3,4)5)51-33-25(15-22(38)18-41-33)37(39)11-13-44(19-21(37)2)35(48)50-14-12-40/h7-10,15,18,21,23,26H,6,11-14,16-17,19-20,40H2,1-5H3/t21-,23-,26-,37+/m0/s1. The third kappa shape index (κ3) is 8.10. The van der Waals surface area contributed by atoms with Gasteiger partial charge < -0.3 is 38.9 Å². The molecule has 0 saturated carbocycles. The van der Waals surface area contributed by atoms with Gasteiger partial charge in [-0.05, 0) is 45.9 Å². The largest absolute Gasteiger partial charge is 0.472 e. The first-order valence-corrected chi connectivity index (χ1v) is 18.0. The molecule has 2 fully saturated rings. The summed E-state index contributed by atoms with van der Waals surface area (Å²) in [7, 11) is 0. The van der Waals surface area contributed by atoms with E-state index in [0.29, 0.717) is 22.1 Å². The number of rotatable bonds is 10. The van der Waals surface area contributed by atoms with Crippen LogP contribution in [0.2, 0.25) is 5.02 Å². The molecule has 3 aromatic heterocycles. The molecule has 14 nitrogen and oxygen atoms in total. The Morgan fingerprint density at radius 3 is 2.64 bits per heavy atom. The van der Waals surface area contributed by atoms with Crippen LogP contribution in [0.15, 0.2) is 40.9 Å². The third-order valence-corrected chi connectivity index (χ3v) is 9.44. The predicted molar refractivity (Wildman–Crippen MR) is 193 cm³/mol. The molecule has 284 valence electrons. The van der Waals surface area contributed by atoms with Crippen molar-refractivity contribution >= 4 is 57.5 Å². The Morgan fingerprint density at radius 1 is 1.15 bits per heavy atom. The van der Waals surface area contributed by atoms with Gasteiger partial charge in [-0.1, -0.05) is 30.7 Å². The number of piperidine rings is 1. The van der Waals surface area contributed by atoms with Gasteiger partial charge in [0.15, 0.2) is 11.4 Å². The van der Waals surface area contributed by atoms with Crippen LogP contribution in [-0.2, 0) is 35.9 Å². The van der Waals surface area contributed by atoms with Crippen molar-refractivity contribution in [2.75, 3.05) is 44.3 Å². The van der Waals surface area contributed by atoms with Crippen LogP contribution >= 0.6 is 11.6 Å². The molecule has 6 rings (SSSR count). The summed E-state index contributed by atoms with van der Waals surface area (Å²) in [5, 5.41) is 0.913. The van der Waals surface area contributed by atoms with E-state index in [4.69, 9.17) is 45.7 Å². The Bertz CT molecular complexity index is 2010. The number of alkyl halides is 1. The number of carbonyl (C=O) groups is 3. The number of anilines is 1. The molecule has 4 aromatic rings. The van der Waals surface area contributed by atoms with Crippen molar-refractivity contribution in [3.8, 4) is 5.88 Å². The Balaban J connectivity index is 1.36. The number of nitrogens with two attached hydrogens (primary N) is 1. The van der Waals surface area contributed by atoms with Crippen LogP contribution < -0.4 is 15.4 Å². The lowest BCUT2D eigenvalue weighted by Gasteiger charge is -2.41. The Kier molecular flexibility index (Phi) is 11.0. The number of carbonyl (C=O) groups excluding carboxylic acids is 3. The first-order valence-electron chi connectivity index (χ1n) is 17.7. The summed E-state index contributed by atoms with van der Waals surface area (Å²) in [4.78, 5) is 56.0. The summed E-state index contributed by atoms with van der Waals surface area (Å²) in [5.41, 5.74) is 4.15. The van der Waals surface area contributed by atoms with Gasteiger partial charge >= 0.3 is 18.0 Å². The highest BCUT2D eigenvalue weighted by Gasteiger charge is 2.48. The van der Waals surface area contributed by atoms with Gasteiger partial charge in [0.25, 0.3) is 0 Å². The number of pyridine rings is 1. The number of hydrogen-bond donors (Lipinski definition) is 1. The minimum absolute atomic E-state index is 0.0114. The highest BCUT2D eigenvalue weighted by Crippen LogP contribution is 2.46. The monoisotopic (exact) mass is 754 g/mol. The second-order valence-corrected chi connectivity index (χ2v) is 14.7. The van der Waals surface area contributed by atoms with Gasteiger partial charge in [0.1, 0.15) is 53.4 Å². The molecule has 16 heteroatoms. The fraction of sp³-hybridized carbons (Fsp3) is 0.514. The van der Waals surface area contributed by atoms with Crippen molar-refractivity contribution in [3.05, 3.63) is 52.9 Å². The van der Waals surface area contributed by atoms with Crippen LogP contribution in [0.1, 0.15) is 58.8 Å². The number of furan rings is 1. The zero-order valence-electron chi connectivity index (χ0n) is 30.4. The zero-order chi connectivity index (χ0) is 38.1. The molecule has 0 radical (unpaired) electrons. The minimum atomic E-state index is -1.96. The highest BCUT2D eigenvalue weighted by atomic mass is 35.5. The molecule has 0 aliphatic carbocycles. The smallest absolute Gasteiger partial charge is 0.409 e. The summed E-state index contributed by atoms with van der Waals surface area (Å²) in [6.07, 6.45) is -0.0529. The molecule has 2 aliphatic heterocycles. The molecule has 5 heterocycles. The minimum Gasteiger partial charge on any atom is -0.472 e. The van der Waals surface area contributed by atoms with E-state index >= 15 is 4.39 Å². The van der Waals surface area contributed by atoms with Gasteiger partial charge in [0.2, 0.25) is 5.88 Å². The maximum absolute atomic E-state index is 17.2. The van der Waals surface area contributed by atoms with Gasteiger partial charge in [0, 0.05) is 50.0 Å². The van der Waals surface area contributed by atoms with Gasteiger partial charge in [-0.3, -0.25) is 4.79 Å². The Labute approximate surface area is 311 Å². The Hall–Kier alpha value is -4.76. The number of hydrogen-bond acceptors (Lipinski definition) is 13. The number of para-hydroxylation sites is 1. The van der Waals surface area contributed by atoms with Crippen molar-refractivity contribution in [2.45, 2.75) is 77.3 Å². The first-order chi connectivity index (χ1) is 25.2. The number of esters is 2. The van der Waals surface area contributed by atoms with Crippen molar-refractivity contribution in [3.63, 3.8) is 0 Å². The van der Waals surface area contributed by atoms with E-state index in [0.717, 1.165) is 0 Å². The fourth-order valence-electron chi connectivity index (χ4n) is 6.84. The van der Waals surface area contributed by atoms with E-state index < -0.39 is 47.4 Å². The van der Waals surface area contributed by atoms with Crippen molar-refractivity contribution in [1.29, 1.82) is 0 Å². The average molecular weight is 755 g/mol. The lowest BCUT2D eigenvalue weighted by Crippen LogP contribution is -2.49. The summed E-state index contributed by atoms with van der Waals surface area (Å²) in [6.45, 7) is 9.41. The quantitative estimate of drug-likeness (QED) is 0.159. The van der Waals surface area contributed by atoms with E-state index in [1.54, 1.807) is 45.6 Å². The molecule has 0 spiro atoms. The maximum atomic E-state index is 17.2. The number of ether oxygens (including phenoxy) is 4. The van der Waals surface area contributed by atoms with Crippen LogP contribution in [0.5, 0.6) is 5.88 Å². The number of likely N-dealkylation sites (tertiary alicyclic amines) is 1. The SMILES string of the molecule is CCOC(=O)Cc1nc(N2C[C@@H](Oc3ncc(Cl)cc3[C@@]3(F)CCN(C(=O)OCCN)C[C@@H]3C)C[C@H]2C(=O)OC(C)(C)C)c2oc3ccccc3c2n1. The zero-order valence-corrected chi connectivity index (χ0v) is 31.2. The van der Waals surface area contributed by atoms with Gasteiger partial charge in [-0.15, -0.1) is 0 Å². The number of aromatic nitrogens is 3. The molecule has 1 amide bonds. The molecule has 2 aliphatic rings. The molecule has 0 unspecified atom stereocenters. The van der Waals surface area contributed by atoms with E-state index in [-0.39, 0.29) is 86.8 Å². The number of benzene rings is 1. The molecule has 53 heavy (non-hydrogen) atoms. The summed E-state index contributed by atoms with van der Waals surface area (Å²) >= 11 is 6.38. The summed E-state index contributed by atoms with van der Waals surface area (Å²) in [6, 6.07) is 7.89. The van der Waals surface area contributed by atoms with E-state index in [9.17, 15) is 14.4 Å². The van der Waals surface area contributed by atoms with Crippen LogP contribution in [0.3, 0.4) is 0 Å². The van der Waals surface area contributed by atoms with Crippen LogP contribution in [0.4, 0.5) is 15.0 Å². The second kappa shape index (κ2) is 15.3. The van der Waals surface area contributed by atoms with E-state index in [2.05, 4.69) is 9.97 Å². The van der Waals surface area contributed by atoms with Crippen molar-refractivity contribution < 1.29 is 42.1 Å². The number of nitrogens with zero attached hydrogens (tertiary/aromatic N) is 5. The van der Waals surface area contributed by atoms with Gasteiger partial charge in [0.05, 0.1) is 23.7 Å². The molecular weight excluding hydrogens is 711 g/mol. The third-order valence-electron chi connectivity index (χ3n) is 9.24. The molecule has 4 atom stereocenters. The van der Waals surface area contributed by atoms with Crippen LogP contribution in [0, 0.1) is 5.92 Å². The lowest BCUT2D eigenvalue weighted by atomic mass is 9.79. The van der Waals surface area contributed by atoms with Crippen molar-refractivity contribution in [1.82, 2.24) is 19.9 Å². The molecule has 0 bridgehead atoms. The van der Waals surface area contributed by atoms with Gasteiger partial charge in [-0.2, -0.15) is 0 Å². The van der Waals surface area contributed by atoms with Crippen molar-refractivity contribution in [2.24, 2.45) is 11.7 Å². The van der Waals surface area contributed by atoms with Crippen LogP contribution in [0.25, 0.3) is 22.1 Å².